The van der Waals surface area contributed by atoms with Crippen molar-refractivity contribution in [2.75, 3.05) is 4.72 Å². The van der Waals surface area contributed by atoms with Crippen LogP contribution in [0.4, 0.5) is 5.13 Å². The fourth-order valence-corrected chi connectivity index (χ4v) is 4.15. The molecule has 0 saturated heterocycles. The summed E-state index contributed by atoms with van der Waals surface area (Å²) in [5, 5.41) is 18.0. The van der Waals surface area contributed by atoms with E-state index in [-0.39, 0.29) is 16.6 Å². The molecule has 0 atom stereocenters. The van der Waals surface area contributed by atoms with Crippen molar-refractivity contribution < 1.29 is 13.5 Å². The fourth-order valence-electron chi connectivity index (χ4n) is 1.88. The van der Waals surface area contributed by atoms with Gasteiger partial charge in [-0.2, -0.15) is 0 Å². The van der Waals surface area contributed by atoms with Gasteiger partial charge in [0.1, 0.15) is 5.01 Å². The number of aliphatic hydroxyl groups excluding tert-OH is 1. The number of rotatable bonds is 5. The van der Waals surface area contributed by atoms with E-state index in [1.54, 1.807) is 13.0 Å². The van der Waals surface area contributed by atoms with Crippen molar-refractivity contribution in [3.05, 3.63) is 33.8 Å². The summed E-state index contributed by atoms with van der Waals surface area (Å²) in [6.07, 6.45) is 0.706. The van der Waals surface area contributed by atoms with Crippen LogP contribution in [0.5, 0.6) is 0 Å². The van der Waals surface area contributed by atoms with Gasteiger partial charge in [0.15, 0.2) is 0 Å². The first-order chi connectivity index (χ1) is 9.87. The van der Waals surface area contributed by atoms with Gasteiger partial charge in [-0.25, -0.2) is 8.42 Å². The second-order valence-electron chi connectivity index (χ2n) is 4.65. The molecule has 0 aliphatic rings. The highest BCUT2D eigenvalue weighted by Gasteiger charge is 2.20. The molecule has 6 nitrogen and oxygen atoms in total. The predicted molar refractivity (Wildman–Crippen MR) is 81.9 cm³/mol. The molecule has 1 heterocycles. The van der Waals surface area contributed by atoms with E-state index in [1.807, 2.05) is 13.8 Å². The Labute approximate surface area is 127 Å². The molecule has 8 heteroatoms. The van der Waals surface area contributed by atoms with Crippen molar-refractivity contribution in [1.29, 1.82) is 0 Å². The first-order valence-corrected chi connectivity index (χ1v) is 8.73. The van der Waals surface area contributed by atoms with Crippen LogP contribution in [0.1, 0.15) is 28.6 Å². The van der Waals surface area contributed by atoms with E-state index in [4.69, 9.17) is 0 Å². The minimum atomic E-state index is -3.75. The average molecular weight is 327 g/mol. The predicted octanol–water partition coefficient (Wildman–Crippen LogP) is 2.01. The monoisotopic (exact) mass is 327 g/mol. The second kappa shape index (κ2) is 6.08. The summed E-state index contributed by atoms with van der Waals surface area (Å²) in [4.78, 5) is 0.153. The van der Waals surface area contributed by atoms with Crippen molar-refractivity contribution in [3.63, 3.8) is 0 Å². The number of hydrogen-bond donors (Lipinski definition) is 2. The molecular weight excluding hydrogens is 310 g/mol. The largest absolute Gasteiger partial charge is 0.392 e. The zero-order chi connectivity index (χ0) is 15.6. The molecule has 2 aromatic rings. The maximum Gasteiger partial charge on any atom is 0.263 e. The van der Waals surface area contributed by atoms with Gasteiger partial charge in [-0.15, -0.1) is 10.2 Å². The van der Waals surface area contributed by atoms with E-state index < -0.39 is 10.0 Å². The molecule has 0 bridgehead atoms. The maximum atomic E-state index is 12.5. The molecular formula is C13H17N3O3S2. The van der Waals surface area contributed by atoms with Crippen LogP contribution in [-0.2, 0) is 23.1 Å². The highest BCUT2D eigenvalue weighted by molar-refractivity contribution is 7.93. The lowest BCUT2D eigenvalue weighted by Crippen LogP contribution is -2.15. The number of aromatic nitrogens is 2. The summed E-state index contributed by atoms with van der Waals surface area (Å²) >= 11 is 1.21. The minimum absolute atomic E-state index is 0.153. The van der Waals surface area contributed by atoms with E-state index in [2.05, 4.69) is 14.9 Å². The summed E-state index contributed by atoms with van der Waals surface area (Å²) < 4.78 is 27.4. The van der Waals surface area contributed by atoms with E-state index >= 15 is 0 Å². The van der Waals surface area contributed by atoms with Crippen LogP contribution in [0.25, 0.3) is 0 Å². The number of aliphatic hydroxyl groups is 1. The molecule has 0 fully saturated rings. The Morgan fingerprint density at radius 3 is 2.57 bits per heavy atom. The van der Waals surface area contributed by atoms with Gasteiger partial charge in [0.25, 0.3) is 10.0 Å². The highest BCUT2D eigenvalue weighted by Crippen LogP contribution is 2.25. The molecule has 0 unspecified atom stereocenters. The molecule has 114 valence electrons. The molecule has 0 aliphatic heterocycles. The van der Waals surface area contributed by atoms with Gasteiger partial charge in [-0.3, -0.25) is 4.72 Å². The Balaban J connectivity index is 2.41. The van der Waals surface area contributed by atoms with Crippen molar-refractivity contribution >= 4 is 26.5 Å². The lowest BCUT2D eigenvalue weighted by molar-refractivity contribution is 0.281. The summed E-state index contributed by atoms with van der Waals surface area (Å²) in [6.45, 7) is 5.27. The minimum Gasteiger partial charge on any atom is -0.392 e. The third kappa shape index (κ3) is 3.39. The first-order valence-electron chi connectivity index (χ1n) is 6.43. The molecule has 1 aromatic heterocycles. The Bertz CT molecular complexity index is 754. The molecule has 0 radical (unpaired) electrons. The fraction of sp³-hybridized carbons (Fsp3) is 0.385. The Hall–Kier alpha value is -1.51. The number of aryl methyl sites for hydroxylation is 2. The van der Waals surface area contributed by atoms with Crippen LogP contribution < -0.4 is 4.72 Å². The van der Waals surface area contributed by atoms with Gasteiger partial charge in [-0.05, 0) is 43.0 Å². The van der Waals surface area contributed by atoms with Crippen LogP contribution in [0.2, 0.25) is 0 Å². The average Bonchev–Trinajstić information content (AvgIpc) is 2.88. The molecule has 1 aromatic carbocycles. The van der Waals surface area contributed by atoms with Crippen molar-refractivity contribution in [3.8, 4) is 0 Å². The van der Waals surface area contributed by atoms with Crippen LogP contribution in [-0.4, -0.2) is 23.7 Å². The van der Waals surface area contributed by atoms with E-state index in [0.717, 1.165) is 10.6 Å². The molecule has 21 heavy (non-hydrogen) atoms. The molecule has 0 spiro atoms. The SMILES string of the molecule is CCc1nnc(NS(=O)(=O)c2cc(CO)cc(C)c2C)s1. The smallest absolute Gasteiger partial charge is 0.263 e. The van der Waals surface area contributed by atoms with Gasteiger partial charge < -0.3 is 5.11 Å². The molecule has 2 N–H and O–H groups in total. The summed E-state index contributed by atoms with van der Waals surface area (Å²) in [5.41, 5.74) is 2.03. The number of hydrogen-bond acceptors (Lipinski definition) is 6. The Morgan fingerprint density at radius 1 is 1.29 bits per heavy atom. The van der Waals surface area contributed by atoms with Crippen LogP contribution in [0.15, 0.2) is 17.0 Å². The summed E-state index contributed by atoms with van der Waals surface area (Å²) in [6, 6.07) is 3.25. The standard InChI is InChI=1S/C13H17N3O3S2/c1-4-12-14-15-13(20-12)16-21(18,19)11-6-10(7-17)5-8(2)9(11)3/h5-6,17H,4,7H2,1-3H3,(H,15,16). The first kappa shape index (κ1) is 15.9. The van der Waals surface area contributed by atoms with E-state index in [0.29, 0.717) is 17.5 Å². The molecule has 0 saturated carbocycles. The van der Waals surface area contributed by atoms with Crippen molar-refractivity contribution in [2.45, 2.75) is 38.7 Å². The second-order valence-corrected chi connectivity index (χ2v) is 7.37. The Kier molecular flexibility index (Phi) is 4.60. The number of anilines is 1. The van der Waals surface area contributed by atoms with Gasteiger partial charge >= 0.3 is 0 Å². The zero-order valence-electron chi connectivity index (χ0n) is 12.0. The maximum absolute atomic E-state index is 12.5. The van der Waals surface area contributed by atoms with Gasteiger partial charge in [-0.1, -0.05) is 24.3 Å². The summed E-state index contributed by atoms with van der Waals surface area (Å²) in [5.74, 6) is 0. The normalized spacial score (nSPS) is 11.6. The topological polar surface area (TPSA) is 92.2 Å². The van der Waals surface area contributed by atoms with Gasteiger partial charge in [0.05, 0.1) is 11.5 Å². The molecule has 2 rings (SSSR count). The lowest BCUT2D eigenvalue weighted by Gasteiger charge is -2.12. The van der Waals surface area contributed by atoms with Crippen LogP contribution >= 0.6 is 11.3 Å². The quantitative estimate of drug-likeness (QED) is 0.876. The number of nitrogens with one attached hydrogen (secondary N) is 1. The van der Waals surface area contributed by atoms with Gasteiger partial charge in [0.2, 0.25) is 5.13 Å². The van der Waals surface area contributed by atoms with Crippen molar-refractivity contribution in [2.24, 2.45) is 0 Å². The highest BCUT2D eigenvalue weighted by atomic mass is 32.2. The molecule has 0 amide bonds. The number of benzene rings is 1. The van der Waals surface area contributed by atoms with Crippen LogP contribution in [0.3, 0.4) is 0 Å². The van der Waals surface area contributed by atoms with E-state index in [9.17, 15) is 13.5 Å². The summed E-state index contributed by atoms with van der Waals surface area (Å²) in [7, 11) is -3.75. The van der Waals surface area contributed by atoms with Crippen molar-refractivity contribution in [1.82, 2.24) is 10.2 Å². The third-order valence-electron chi connectivity index (χ3n) is 3.14. The van der Waals surface area contributed by atoms with Crippen LogP contribution in [0, 0.1) is 13.8 Å². The third-order valence-corrected chi connectivity index (χ3v) is 5.72. The number of nitrogens with zero attached hydrogens (tertiary/aromatic N) is 2. The van der Waals surface area contributed by atoms with E-state index in [1.165, 1.54) is 17.4 Å². The lowest BCUT2D eigenvalue weighted by atomic mass is 10.1. The number of sulfonamides is 1. The zero-order valence-corrected chi connectivity index (χ0v) is 13.7. The molecule has 0 aliphatic carbocycles. The van der Waals surface area contributed by atoms with Gasteiger partial charge in [0, 0.05) is 0 Å². The Morgan fingerprint density at radius 2 is 2.00 bits per heavy atom.